The van der Waals surface area contributed by atoms with Gasteiger partial charge in [0.25, 0.3) is 0 Å². The maximum atomic E-state index is 12.3. The lowest BCUT2D eigenvalue weighted by Gasteiger charge is -2.38. The highest BCUT2D eigenvalue weighted by molar-refractivity contribution is 5.78. The fraction of sp³-hybridized carbons (Fsp3) is 0.762. The van der Waals surface area contributed by atoms with E-state index < -0.39 is 0 Å². The second kappa shape index (κ2) is 9.18. The lowest BCUT2D eigenvalue weighted by Crippen LogP contribution is -2.51. The number of carbonyl (C=O) groups is 1. The molecule has 1 aromatic rings. The maximum absolute atomic E-state index is 12.3. The van der Waals surface area contributed by atoms with Crippen LogP contribution in [0.4, 0.5) is 5.95 Å². The predicted molar refractivity (Wildman–Crippen MR) is 108 cm³/mol. The van der Waals surface area contributed by atoms with E-state index in [4.69, 9.17) is 4.74 Å². The first-order valence-electron chi connectivity index (χ1n) is 10.9. The summed E-state index contributed by atoms with van der Waals surface area (Å²) in [5.74, 6) is 2.33. The lowest BCUT2D eigenvalue weighted by molar-refractivity contribution is -0.149. The molecule has 1 aromatic heterocycles. The van der Waals surface area contributed by atoms with Gasteiger partial charge in [-0.15, -0.1) is 0 Å². The second-order valence-electron chi connectivity index (χ2n) is 8.57. The van der Waals surface area contributed by atoms with Crippen LogP contribution >= 0.6 is 0 Å². The van der Waals surface area contributed by atoms with E-state index >= 15 is 0 Å². The molecule has 4 rings (SSSR count). The fourth-order valence-corrected chi connectivity index (χ4v) is 4.14. The van der Waals surface area contributed by atoms with Crippen LogP contribution in [0.3, 0.4) is 0 Å². The highest BCUT2D eigenvalue weighted by atomic mass is 16.5. The molecule has 2 aliphatic heterocycles. The van der Waals surface area contributed by atoms with E-state index in [2.05, 4.69) is 27.1 Å². The molecule has 1 N–H and O–H groups in total. The van der Waals surface area contributed by atoms with Crippen molar-refractivity contribution in [1.82, 2.24) is 19.8 Å². The Kier molecular flexibility index (Phi) is 6.42. The number of hydrogen-bond donors (Lipinski definition) is 1. The van der Waals surface area contributed by atoms with E-state index in [-0.39, 0.29) is 18.6 Å². The number of nitrogens with zero attached hydrogens (tertiary/aromatic N) is 4. The number of ether oxygens (including phenoxy) is 1. The summed E-state index contributed by atoms with van der Waals surface area (Å²) in [6.07, 6.45) is 9.88. The zero-order valence-corrected chi connectivity index (χ0v) is 17.0. The normalized spacial score (nSPS) is 24.5. The number of morpholine rings is 1. The molecular weight excluding hydrogens is 354 g/mol. The van der Waals surface area contributed by atoms with Crippen LogP contribution in [0.2, 0.25) is 0 Å². The largest absolute Gasteiger partial charge is 0.365 e. The molecule has 0 bridgehead atoms. The Morgan fingerprint density at radius 1 is 1.11 bits per heavy atom. The van der Waals surface area contributed by atoms with Crippen molar-refractivity contribution in [3.63, 3.8) is 0 Å². The van der Waals surface area contributed by atoms with Gasteiger partial charge in [0.2, 0.25) is 11.9 Å². The predicted octanol–water partition coefficient (Wildman–Crippen LogP) is 1.80. The van der Waals surface area contributed by atoms with Gasteiger partial charge < -0.3 is 19.9 Å². The number of amides is 1. The number of aryl methyl sites for hydroxylation is 1. The molecule has 1 atom stereocenters. The zero-order valence-electron chi connectivity index (χ0n) is 17.0. The Morgan fingerprint density at radius 3 is 2.50 bits per heavy atom. The summed E-state index contributed by atoms with van der Waals surface area (Å²) in [4.78, 5) is 25.6. The van der Waals surface area contributed by atoms with Crippen LogP contribution in [0.5, 0.6) is 0 Å². The summed E-state index contributed by atoms with van der Waals surface area (Å²) in [5, 5.41) is 3.24. The van der Waals surface area contributed by atoms with Gasteiger partial charge in [0.1, 0.15) is 6.61 Å². The number of carbonyl (C=O) groups excluding carboxylic acids is 1. The van der Waals surface area contributed by atoms with Crippen molar-refractivity contribution in [2.75, 3.05) is 51.2 Å². The third-order valence-corrected chi connectivity index (χ3v) is 6.22. The van der Waals surface area contributed by atoms with Gasteiger partial charge in [-0.3, -0.25) is 4.79 Å². The van der Waals surface area contributed by atoms with Crippen LogP contribution in [0.15, 0.2) is 12.4 Å². The van der Waals surface area contributed by atoms with E-state index in [1.807, 2.05) is 17.3 Å². The van der Waals surface area contributed by atoms with Crippen molar-refractivity contribution in [2.45, 2.75) is 45.1 Å². The summed E-state index contributed by atoms with van der Waals surface area (Å²) in [7, 11) is 0. The van der Waals surface area contributed by atoms with Crippen LogP contribution in [-0.4, -0.2) is 77.7 Å². The first-order chi connectivity index (χ1) is 13.7. The monoisotopic (exact) mass is 387 g/mol. The molecular formula is C21H33N5O2. The molecule has 0 radical (unpaired) electrons. The van der Waals surface area contributed by atoms with E-state index in [9.17, 15) is 4.79 Å². The molecule has 3 aliphatic rings. The van der Waals surface area contributed by atoms with E-state index in [0.717, 1.165) is 24.4 Å². The summed E-state index contributed by atoms with van der Waals surface area (Å²) in [6, 6.07) is 0. The average Bonchev–Trinajstić information content (AvgIpc) is 3.54. The van der Waals surface area contributed by atoms with Crippen molar-refractivity contribution in [3.8, 4) is 0 Å². The van der Waals surface area contributed by atoms with Gasteiger partial charge >= 0.3 is 0 Å². The number of aromatic nitrogens is 2. The molecule has 3 heterocycles. The standard InChI is InChI=1S/C21H33N5O2/c1-2-16-9-22-21(23-10-16)24-11-19-14-26(20(27)15-28-19)13-18-5-7-25(8-6-18)12-17-3-4-17/h9-10,17-19H,2-8,11-15H2,1H3,(H,22,23,24)/t19-/m1/s1. The SMILES string of the molecule is CCc1cnc(NC[C@@H]2CN(CC3CCN(CC4CC4)CC3)C(=O)CO2)nc1. The number of anilines is 1. The molecule has 3 fully saturated rings. The molecule has 1 amide bonds. The molecule has 2 saturated heterocycles. The van der Waals surface area contributed by atoms with Gasteiger partial charge in [-0.1, -0.05) is 6.92 Å². The molecule has 0 spiro atoms. The van der Waals surface area contributed by atoms with Gasteiger partial charge in [0.15, 0.2) is 0 Å². The molecule has 154 valence electrons. The minimum absolute atomic E-state index is 0.0119. The van der Waals surface area contributed by atoms with E-state index in [1.165, 1.54) is 45.3 Å². The Hall–Kier alpha value is -1.73. The molecule has 0 unspecified atom stereocenters. The van der Waals surface area contributed by atoms with Crippen LogP contribution in [-0.2, 0) is 16.0 Å². The highest BCUT2D eigenvalue weighted by Gasteiger charge is 2.31. The van der Waals surface area contributed by atoms with Crippen LogP contribution < -0.4 is 5.32 Å². The fourth-order valence-electron chi connectivity index (χ4n) is 4.14. The molecule has 1 aliphatic carbocycles. The molecule has 28 heavy (non-hydrogen) atoms. The topological polar surface area (TPSA) is 70.6 Å². The third kappa shape index (κ3) is 5.41. The van der Waals surface area contributed by atoms with Crippen molar-refractivity contribution in [2.24, 2.45) is 11.8 Å². The summed E-state index contributed by atoms with van der Waals surface area (Å²) >= 11 is 0. The summed E-state index contributed by atoms with van der Waals surface area (Å²) < 4.78 is 5.73. The minimum atomic E-state index is -0.0119. The average molecular weight is 388 g/mol. The van der Waals surface area contributed by atoms with E-state index in [1.54, 1.807) is 0 Å². The molecule has 7 heteroatoms. The van der Waals surface area contributed by atoms with Gasteiger partial charge in [0, 0.05) is 38.6 Å². The van der Waals surface area contributed by atoms with Gasteiger partial charge in [-0.25, -0.2) is 9.97 Å². The molecule has 7 nitrogen and oxygen atoms in total. The third-order valence-electron chi connectivity index (χ3n) is 6.22. The highest BCUT2D eigenvalue weighted by Crippen LogP contribution is 2.31. The summed E-state index contributed by atoms with van der Waals surface area (Å²) in [5.41, 5.74) is 1.12. The van der Waals surface area contributed by atoms with Gasteiger partial charge in [-0.05, 0) is 62.6 Å². The Labute approximate surface area is 167 Å². The number of piperidine rings is 1. The Bertz CT molecular complexity index is 641. The van der Waals surface area contributed by atoms with Crippen molar-refractivity contribution in [1.29, 1.82) is 0 Å². The molecule has 0 aromatic carbocycles. The maximum Gasteiger partial charge on any atom is 0.248 e. The quantitative estimate of drug-likeness (QED) is 0.734. The first-order valence-corrected chi connectivity index (χ1v) is 10.9. The van der Waals surface area contributed by atoms with E-state index in [0.29, 0.717) is 25.0 Å². The smallest absolute Gasteiger partial charge is 0.248 e. The molecule has 1 saturated carbocycles. The summed E-state index contributed by atoms with van der Waals surface area (Å²) in [6.45, 7) is 8.09. The number of hydrogen-bond acceptors (Lipinski definition) is 6. The lowest BCUT2D eigenvalue weighted by atomic mass is 9.95. The van der Waals surface area contributed by atoms with Crippen LogP contribution in [0.1, 0.15) is 38.2 Å². The van der Waals surface area contributed by atoms with Crippen molar-refractivity contribution < 1.29 is 9.53 Å². The van der Waals surface area contributed by atoms with Crippen molar-refractivity contribution in [3.05, 3.63) is 18.0 Å². The number of likely N-dealkylation sites (tertiary alicyclic amines) is 1. The minimum Gasteiger partial charge on any atom is -0.365 e. The second-order valence-corrected chi connectivity index (χ2v) is 8.57. The van der Waals surface area contributed by atoms with Gasteiger partial charge in [0.05, 0.1) is 6.10 Å². The first kappa shape index (κ1) is 19.6. The van der Waals surface area contributed by atoms with Gasteiger partial charge in [-0.2, -0.15) is 0 Å². The number of rotatable bonds is 8. The van der Waals surface area contributed by atoms with Crippen molar-refractivity contribution >= 4 is 11.9 Å². The zero-order chi connectivity index (χ0) is 19.3. The number of nitrogens with one attached hydrogen (secondary N) is 1. The van der Waals surface area contributed by atoms with Crippen LogP contribution in [0.25, 0.3) is 0 Å². The van der Waals surface area contributed by atoms with Crippen LogP contribution in [0, 0.1) is 11.8 Å². The Morgan fingerprint density at radius 2 is 1.82 bits per heavy atom. The Balaban J connectivity index is 1.21.